The molecule has 0 unspecified atom stereocenters. The van der Waals surface area contributed by atoms with Crippen molar-refractivity contribution in [3.05, 3.63) is 29.1 Å². The molecule has 2 N–H and O–H groups in total. The van der Waals surface area contributed by atoms with E-state index in [1.54, 1.807) is 0 Å². The second-order valence-electron chi connectivity index (χ2n) is 6.87. The van der Waals surface area contributed by atoms with Crippen LogP contribution in [0.1, 0.15) is 38.8 Å². The molecule has 0 saturated heterocycles. The van der Waals surface area contributed by atoms with E-state index in [-0.39, 0.29) is 32.9 Å². The van der Waals surface area contributed by atoms with E-state index in [1.165, 1.54) is 19.1 Å². The van der Waals surface area contributed by atoms with Crippen LogP contribution in [0.15, 0.2) is 17.0 Å². The number of rotatable bonds is 4. The number of halogens is 1. The highest BCUT2D eigenvalue weighted by Gasteiger charge is 2.66. The van der Waals surface area contributed by atoms with E-state index in [4.69, 9.17) is 5.11 Å². The molecule has 1 aromatic carbocycles. The molecule has 1 fully saturated rings. The van der Waals surface area contributed by atoms with Gasteiger partial charge >= 0.3 is 0 Å². The van der Waals surface area contributed by atoms with Gasteiger partial charge in [-0.05, 0) is 35.4 Å². The van der Waals surface area contributed by atoms with Gasteiger partial charge in [-0.2, -0.15) is 0 Å². The Bertz CT molecular complexity index is 666. The van der Waals surface area contributed by atoms with Gasteiger partial charge in [0.2, 0.25) is 10.0 Å². The summed E-state index contributed by atoms with van der Waals surface area (Å²) in [5.74, 6) is -0.566. The van der Waals surface area contributed by atoms with Gasteiger partial charge in [0.1, 0.15) is 5.82 Å². The average Bonchev–Trinajstić information content (AvgIpc) is 2.74. The number of aliphatic hydroxyl groups excluding tert-OH is 1. The summed E-state index contributed by atoms with van der Waals surface area (Å²) in [5, 5.41) is 9.14. The van der Waals surface area contributed by atoms with Crippen molar-refractivity contribution in [1.82, 2.24) is 4.72 Å². The molecule has 1 saturated carbocycles. The summed E-state index contributed by atoms with van der Waals surface area (Å²) >= 11 is 0. The van der Waals surface area contributed by atoms with Crippen molar-refractivity contribution >= 4 is 10.0 Å². The number of benzene rings is 1. The minimum atomic E-state index is -3.74. The first-order valence-electron chi connectivity index (χ1n) is 6.87. The Hall–Kier alpha value is -0.980. The molecule has 0 bridgehead atoms. The van der Waals surface area contributed by atoms with Crippen molar-refractivity contribution in [3.63, 3.8) is 0 Å². The number of aliphatic hydroxyl groups is 1. The fourth-order valence-electron chi connectivity index (χ4n) is 2.79. The normalized spacial score (nSPS) is 20.5. The van der Waals surface area contributed by atoms with Gasteiger partial charge in [0.05, 0.1) is 11.5 Å². The highest BCUT2D eigenvalue weighted by atomic mass is 32.2. The van der Waals surface area contributed by atoms with Crippen molar-refractivity contribution in [3.8, 4) is 0 Å². The summed E-state index contributed by atoms with van der Waals surface area (Å²) in [6, 6.07) is 2.31. The lowest BCUT2D eigenvalue weighted by atomic mass is 10.0. The molecule has 0 heterocycles. The SMILES string of the molecule is Cc1cc(S(=O)(=O)NC2C(C)(C)C2(C)C)cc(CO)c1F. The molecule has 0 spiro atoms. The molecular formula is C15H22FNO3S. The zero-order chi connectivity index (χ0) is 16.2. The Kier molecular flexibility index (Phi) is 3.72. The number of aryl methyl sites for hydroxylation is 1. The molecule has 0 atom stereocenters. The fourth-order valence-corrected chi connectivity index (χ4v) is 4.46. The zero-order valence-electron chi connectivity index (χ0n) is 13.0. The maximum Gasteiger partial charge on any atom is 0.240 e. The summed E-state index contributed by atoms with van der Waals surface area (Å²) < 4.78 is 41.4. The number of sulfonamides is 1. The third-order valence-electron chi connectivity index (χ3n) is 5.08. The van der Waals surface area contributed by atoms with Gasteiger partial charge < -0.3 is 5.11 Å². The van der Waals surface area contributed by atoms with Crippen LogP contribution in [-0.4, -0.2) is 19.6 Å². The average molecular weight is 315 g/mol. The van der Waals surface area contributed by atoms with Crippen LogP contribution in [0, 0.1) is 23.6 Å². The summed E-state index contributed by atoms with van der Waals surface area (Å²) in [4.78, 5) is -0.0102. The van der Waals surface area contributed by atoms with E-state index in [1.807, 2.05) is 27.7 Å². The predicted molar refractivity (Wildman–Crippen MR) is 78.7 cm³/mol. The topological polar surface area (TPSA) is 66.4 Å². The van der Waals surface area contributed by atoms with E-state index in [0.29, 0.717) is 0 Å². The number of nitrogens with one attached hydrogen (secondary N) is 1. The van der Waals surface area contributed by atoms with Gasteiger partial charge in [-0.3, -0.25) is 0 Å². The molecule has 6 heteroatoms. The van der Waals surface area contributed by atoms with Crippen LogP contribution in [0.3, 0.4) is 0 Å². The molecular weight excluding hydrogens is 293 g/mol. The summed E-state index contributed by atoms with van der Waals surface area (Å²) in [7, 11) is -3.74. The monoisotopic (exact) mass is 315 g/mol. The molecule has 0 aliphatic heterocycles. The highest BCUT2D eigenvalue weighted by Crippen LogP contribution is 2.62. The largest absolute Gasteiger partial charge is 0.392 e. The third kappa shape index (κ3) is 2.49. The molecule has 2 rings (SSSR count). The number of hydrogen-bond donors (Lipinski definition) is 2. The summed E-state index contributed by atoms with van der Waals surface area (Å²) in [6.45, 7) is 8.99. The van der Waals surface area contributed by atoms with E-state index >= 15 is 0 Å². The van der Waals surface area contributed by atoms with Crippen LogP contribution in [-0.2, 0) is 16.6 Å². The smallest absolute Gasteiger partial charge is 0.240 e. The van der Waals surface area contributed by atoms with E-state index in [9.17, 15) is 12.8 Å². The van der Waals surface area contributed by atoms with Crippen LogP contribution >= 0.6 is 0 Å². The molecule has 0 aromatic heterocycles. The second kappa shape index (κ2) is 4.76. The summed E-state index contributed by atoms with van der Waals surface area (Å²) in [6.07, 6.45) is 0. The minimum Gasteiger partial charge on any atom is -0.392 e. The van der Waals surface area contributed by atoms with Gasteiger partial charge in [-0.15, -0.1) is 0 Å². The lowest BCUT2D eigenvalue weighted by Crippen LogP contribution is -2.30. The standard InChI is InChI=1S/C15H22FNO3S/c1-9-6-11(7-10(8-18)12(9)16)21(19,20)17-13-14(2,3)15(13,4)5/h6-7,13,17-18H,8H2,1-5H3. The van der Waals surface area contributed by atoms with Crippen molar-refractivity contribution in [1.29, 1.82) is 0 Å². The third-order valence-corrected chi connectivity index (χ3v) is 6.48. The minimum absolute atomic E-state index is 0.00954. The van der Waals surface area contributed by atoms with Crippen LogP contribution in [0.25, 0.3) is 0 Å². The van der Waals surface area contributed by atoms with E-state index in [0.717, 1.165) is 0 Å². The van der Waals surface area contributed by atoms with Crippen LogP contribution in [0.4, 0.5) is 4.39 Å². The van der Waals surface area contributed by atoms with Crippen LogP contribution < -0.4 is 4.72 Å². The molecule has 4 nitrogen and oxygen atoms in total. The molecule has 0 radical (unpaired) electrons. The Balaban J connectivity index is 2.36. The Morgan fingerprint density at radius 3 is 2.19 bits per heavy atom. The lowest BCUT2D eigenvalue weighted by molar-refractivity contribution is 0.275. The van der Waals surface area contributed by atoms with E-state index in [2.05, 4.69) is 4.72 Å². The lowest BCUT2D eigenvalue weighted by Gasteiger charge is -2.11. The maximum atomic E-state index is 13.7. The van der Waals surface area contributed by atoms with Gasteiger partial charge in [0, 0.05) is 11.6 Å². The first kappa shape index (κ1) is 16.4. The fraction of sp³-hybridized carbons (Fsp3) is 0.600. The molecule has 1 aliphatic rings. The van der Waals surface area contributed by atoms with Crippen LogP contribution in [0.2, 0.25) is 0 Å². The Morgan fingerprint density at radius 2 is 1.76 bits per heavy atom. The van der Waals surface area contributed by atoms with Crippen molar-refractivity contribution in [2.45, 2.75) is 52.2 Å². The first-order valence-corrected chi connectivity index (χ1v) is 8.35. The van der Waals surface area contributed by atoms with Gasteiger partial charge in [-0.1, -0.05) is 27.7 Å². The molecule has 118 valence electrons. The molecule has 1 aliphatic carbocycles. The Labute approximate surface area is 125 Å². The van der Waals surface area contributed by atoms with Gasteiger partial charge in [0.25, 0.3) is 0 Å². The Morgan fingerprint density at radius 1 is 1.24 bits per heavy atom. The van der Waals surface area contributed by atoms with Crippen molar-refractivity contribution in [2.24, 2.45) is 10.8 Å². The van der Waals surface area contributed by atoms with Crippen molar-refractivity contribution in [2.75, 3.05) is 0 Å². The highest BCUT2D eigenvalue weighted by molar-refractivity contribution is 7.89. The van der Waals surface area contributed by atoms with Gasteiger partial charge in [0.15, 0.2) is 0 Å². The molecule has 0 amide bonds. The van der Waals surface area contributed by atoms with E-state index < -0.39 is 22.4 Å². The number of hydrogen-bond acceptors (Lipinski definition) is 3. The predicted octanol–water partition coefficient (Wildman–Crippen LogP) is 2.34. The van der Waals surface area contributed by atoms with Crippen molar-refractivity contribution < 1.29 is 17.9 Å². The maximum absolute atomic E-state index is 13.7. The molecule has 1 aromatic rings. The van der Waals surface area contributed by atoms with Crippen LogP contribution in [0.5, 0.6) is 0 Å². The van der Waals surface area contributed by atoms with Gasteiger partial charge in [-0.25, -0.2) is 17.5 Å². The second-order valence-corrected chi connectivity index (χ2v) is 8.58. The summed E-state index contributed by atoms with van der Waals surface area (Å²) in [5.41, 5.74) is -0.0647. The zero-order valence-corrected chi connectivity index (χ0v) is 13.8. The quantitative estimate of drug-likeness (QED) is 0.896. The first-order chi connectivity index (χ1) is 9.45. The molecule has 21 heavy (non-hydrogen) atoms.